The number of unbranched alkanes of at least 4 members (excludes halogenated alkanes) is 1. The van der Waals surface area contributed by atoms with Crippen molar-refractivity contribution in [3.63, 3.8) is 0 Å². The zero-order valence-electron chi connectivity index (χ0n) is 17.9. The number of rotatable bonds is 9. The second kappa shape index (κ2) is 10.2. The van der Waals surface area contributed by atoms with Gasteiger partial charge in [-0.05, 0) is 36.8 Å². The molecule has 2 amide bonds. The molecule has 8 nitrogen and oxygen atoms in total. The molecule has 0 fully saturated rings. The van der Waals surface area contributed by atoms with E-state index in [4.69, 9.17) is 25.8 Å². The fourth-order valence-corrected chi connectivity index (χ4v) is 3.27. The summed E-state index contributed by atoms with van der Waals surface area (Å²) in [4.78, 5) is 39.0. The maximum absolute atomic E-state index is 13.1. The average molecular weight is 459 g/mol. The van der Waals surface area contributed by atoms with Gasteiger partial charge < -0.3 is 19.5 Å². The molecule has 0 bridgehead atoms. The van der Waals surface area contributed by atoms with Gasteiger partial charge in [0.25, 0.3) is 11.8 Å². The van der Waals surface area contributed by atoms with Gasteiger partial charge in [-0.3, -0.25) is 9.59 Å². The minimum Gasteiger partial charge on any atom is -0.497 e. The Balaban J connectivity index is 1.86. The van der Waals surface area contributed by atoms with E-state index in [1.165, 1.54) is 26.4 Å². The lowest BCUT2D eigenvalue weighted by Gasteiger charge is -2.17. The quantitative estimate of drug-likeness (QED) is 0.343. The molecule has 0 saturated carbocycles. The summed E-state index contributed by atoms with van der Waals surface area (Å²) < 4.78 is 15.7. The van der Waals surface area contributed by atoms with Crippen LogP contribution in [0, 0.1) is 0 Å². The van der Waals surface area contributed by atoms with Gasteiger partial charge in [-0.2, -0.15) is 0 Å². The van der Waals surface area contributed by atoms with Gasteiger partial charge in [-0.25, -0.2) is 9.69 Å². The van der Waals surface area contributed by atoms with Crippen LogP contribution in [0.2, 0.25) is 0 Å². The molecule has 0 radical (unpaired) electrons. The van der Waals surface area contributed by atoms with Crippen molar-refractivity contribution in [2.24, 2.45) is 0 Å². The maximum Gasteiger partial charge on any atom is 0.338 e. The summed E-state index contributed by atoms with van der Waals surface area (Å²) in [7, 11) is 2.98. The lowest BCUT2D eigenvalue weighted by atomic mass is 10.2. The van der Waals surface area contributed by atoms with E-state index in [-0.39, 0.29) is 22.0 Å². The van der Waals surface area contributed by atoms with Crippen molar-refractivity contribution in [1.82, 2.24) is 0 Å². The fourth-order valence-electron chi connectivity index (χ4n) is 3.06. The van der Waals surface area contributed by atoms with E-state index < -0.39 is 17.8 Å². The van der Waals surface area contributed by atoms with Crippen molar-refractivity contribution in [3.05, 3.63) is 58.8 Å². The van der Waals surface area contributed by atoms with Crippen molar-refractivity contribution in [1.29, 1.82) is 0 Å². The topological polar surface area (TPSA) is 94.2 Å². The SMILES string of the molecule is CCCCOC(=O)c1cccc(N2C(=O)C(Cl)=C(Nc3cc(OC)ccc3OC)C2=O)c1. The third-order valence-electron chi connectivity index (χ3n) is 4.76. The molecular formula is C23H23ClN2O6. The van der Waals surface area contributed by atoms with E-state index in [2.05, 4.69) is 5.32 Å². The highest BCUT2D eigenvalue weighted by atomic mass is 35.5. The lowest BCUT2D eigenvalue weighted by molar-refractivity contribution is -0.120. The zero-order valence-corrected chi connectivity index (χ0v) is 18.7. The van der Waals surface area contributed by atoms with Gasteiger partial charge in [0.2, 0.25) is 0 Å². The number of ether oxygens (including phenoxy) is 3. The van der Waals surface area contributed by atoms with E-state index in [1.54, 1.807) is 30.3 Å². The Morgan fingerprint density at radius 2 is 1.84 bits per heavy atom. The molecule has 2 aromatic carbocycles. The molecule has 1 aliphatic rings. The molecule has 0 spiro atoms. The highest BCUT2D eigenvalue weighted by molar-refractivity contribution is 6.53. The largest absolute Gasteiger partial charge is 0.497 e. The van der Waals surface area contributed by atoms with Crippen molar-refractivity contribution in [2.75, 3.05) is 31.0 Å². The first-order valence-electron chi connectivity index (χ1n) is 9.96. The molecule has 1 aliphatic heterocycles. The molecule has 3 rings (SSSR count). The van der Waals surface area contributed by atoms with E-state index >= 15 is 0 Å². The van der Waals surface area contributed by atoms with Crippen molar-refractivity contribution in [3.8, 4) is 11.5 Å². The number of carbonyl (C=O) groups excluding carboxylic acids is 3. The van der Waals surface area contributed by atoms with Gasteiger partial charge in [0.15, 0.2) is 0 Å². The van der Waals surface area contributed by atoms with Gasteiger partial charge in [-0.1, -0.05) is 31.0 Å². The molecule has 168 valence electrons. The van der Waals surface area contributed by atoms with E-state index in [0.29, 0.717) is 23.8 Å². The number of esters is 1. The standard InChI is InChI=1S/C23H23ClN2O6/c1-4-5-11-32-23(29)14-7-6-8-15(12-14)26-21(27)19(24)20(22(26)28)25-17-13-16(30-2)9-10-18(17)31-3/h6-10,12-13,25H,4-5,11H2,1-3H3. The number of hydrogen-bond donors (Lipinski definition) is 1. The van der Waals surface area contributed by atoms with Gasteiger partial charge in [0, 0.05) is 6.07 Å². The summed E-state index contributed by atoms with van der Waals surface area (Å²) in [6, 6.07) is 11.0. The summed E-state index contributed by atoms with van der Waals surface area (Å²) in [6.07, 6.45) is 1.64. The van der Waals surface area contributed by atoms with Crippen molar-refractivity contribution < 1.29 is 28.6 Å². The Bertz CT molecular complexity index is 1080. The highest BCUT2D eigenvalue weighted by Crippen LogP contribution is 2.35. The Kier molecular flexibility index (Phi) is 7.37. The van der Waals surface area contributed by atoms with Gasteiger partial charge in [0.1, 0.15) is 22.2 Å². The van der Waals surface area contributed by atoms with Crippen molar-refractivity contribution in [2.45, 2.75) is 19.8 Å². The number of hydrogen-bond acceptors (Lipinski definition) is 7. The van der Waals surface area contributed by atoms with Crippen LogP contribution in [0.15, 0.2) is 53.2 Å². The maximum atomic E-state index is 13.1. The third-order valence-corrected chi connectivity index (χ3v) is 5.12. The predicted molar refractivity (Wildman–Crippen MR) is 120 cm³/mol. The first-order chi connectivity index (χ1) is 15.4. The number of halogens is 1. The van der Waals surface area contributed by atoms with Crippen LogP contribution in [-0.4, -0.2) is 38.6 Å². The molecule has 0 atom stereocenters. The number of anilines is 2. The number of imide groups is 1. The normalized spacial score (nSPS) is 13.4. The average Bonchev–Trinajstić information content (AvgIpc) is 3.02. The van der Waals surface area contributed by atoms with Crippen LogP contribution in [0.1, 0.15) is 30.1 Å². The van der Waals surface area contributed by atoms with Gasteiger partial charge in [-0.15, -0.1) is 0 Å². The highest BCUT2D eigenvalue weighted by Gasteiger charge is 2.39. The molecule has 2 aromatic rings. The van der Waals surface area contributed by atoms with Crippen LogP contribution in [0.3, 0.4) is 0 Å². The van der Waals surface area contributed by atoms with Crippen LogP contribution in [0.25, 0.3) is 0 Å². The number of nitrogens with zero attached hydrogens (tertiary/aromatic N) is 1. The second-order valence-electron chi connectivity index (χ2n) is 6.87. The van der Waals surface area contributed by atoms with Crippen LogP contribution in [-0.2, 0) is 14.3 Å². The van der Waals surface area contributed by atoms with Gasteiger partial charge in [0.05, 0.1) is 37.8 Å². The molecule has 0 unspecified atom stereocenters. The number of methoxy groups -OCH3 is 2. The molecule has 1 heterocycles. The number of benzene rings is 2. The monoisotopic (exact) mass is 458 g/mol. The van der Waals surface area contributed by atoms with E-state index in [9.17, 15) is 14.4 Å². The minimum absolute atomic E-state index is 0.112. The Morgan fingerprint density at radius 1 is 1.06 bits per heavy atom. The Hall–Kier alpha value is -3.52. The molecule has 32 heavy (non-hydrogen) atoms. The third kappa shape index (κ3) is 4.70. The summed E-state index contributed by atoms with van der Waals surface area (Å²) in [5.74, 6) is -0.956. The summed E-state index contributed by atoms with van der Waals surface area (Å²) in [6.45, 7) is 2.29. The molecule has 1 N–H and O–H groups in total. The molecular weight excluding hydrogens is 436 g/mol. The molecule has 0 aliphatic carbocycles. The number of carbonyl (C=O) groups is 3. The van der Waals surface area contributed by atoms with E-state index in [1.807, 2.05) is 6.92 Å². The summed E-state index contributed by atoms with van der Waals surface area (Å²) in [5.41, 5.74) is 0.721. The van der Waals surface area contributed by atoms with Gasteiger partial charge >= 0.3 is 5.97 Å². The zero-order chi connectivity index (χ0) is 23.3. The predicted octanol–water partition coefficient (Wildman–Crippen LogP) is 4.10. The molecule has 0 saturated heterocycles. The minimum atomic E-state index is -0.711. The fraction of sp³-hybridized carbons (Fsp3) is 0.261. The van der Waals surface area contributed by atoms with Crippen LogP contribution >= 0.6 is 11.6 Å². The summed E-state index contributed by atoms with van der Waals surface area (Å²) >= 11 is 6.22. The molecule has 0 aromatic heterocycles. The van der Waals surface area contributed by atoms with Crippen LogP contribution < -0.4 is 19.7 Å². The van der Waals surface area contributed by atoms with E-state index in [0.717, 1.165) is 17.7 Å². The second-order valence-corrected chi connectivity index (χ2v) is 7.24. The Labute approximate surface area is 190 Å². The first-order valence-corrected chi connectivity index (χ1v) is 10.3. The molecule has 9 heteroatoms. The number of nitrogens with one attached hydrogen (secondary N) is 1. The number of amides is 2. The Morgan fingerprint density at radius 3 is 2.53 bits per heavy atom. The smallest absolute Gasteiger partial charge is 0.338 e. The van der Waals surface area contributed by atoms with Crippen LogP contribution in [0.5, 0.6) is 11.5 Å². The van der Waals surface area contributed by atoms with Crippen molar-refractivity contribution >= 4 is 40.8 Å². The lowest BCUT2D eigenvalue weighted by Crippen LogP contribution is -2.32. The van der Waals surface area contributed by atoms with Crippen LogP contribution in [0.4, 0.5) is 11.4 Å². The first kappa shape index (κ1) is 23.1. The summed E-state index contributed by atoms with van der Waals surface area (Å²) in [5, 5.41) is 2.59.